The fraction of sp³-hybridized carbons (Fsp3) is 0.444. The zero-order valence-corrected chi connectivity index (χ0v) is 13.7. The fourth-order valence-corrected chi connectivity index (χ4v) is 3.65. The topological polar surface area (TPSA) is 36.4 Å². The maximum absolute atomic E-state index is 13.6. The van der Waals surface area contributed by atoms with Crippen molar-refractivity contribution in [2.45, 2.75) is 12.3 Å². The minimum atomic E-state index is -2.59. The molecule has 2 fully saturated rings. The van der Waals surface area contributed by atoms with Crippen molar-refractivity contribution in [2.75, 3.05) is 32.1 Å². The molecule has 1 aliphatic carbocycles. The number of pyridine rings is 1. The first-order valence-electron chi connectivity index (χ1n) is 8.14. The van der Waals surface area contributed by atoms with E-state index < -0.39 is 17.8 Å². The van der Waals surface area contributed by atoms with E-state index in [9.17, 15) is 13.6 Å². The summed E-state index contributed by atoms with van der Waals surface area (Å²) >= 11 is 0. The molecule has 1 aliphatic heterocycles. The predicted octanol–water partition coefficient (Wildman–Crippen LogP) is 3.03. The lowest BCUT2D eigenvalue weighted by atomic mass is 10.1. The van der Waals surface area contributed by atoms with E-state index >= 15 is 0 Å². The van der Waals surface area contributed by atoms with Gasteiger partial charge < -0.3 is 9.80 Å². The summed E-state index contributed by atoms with van der Waals surface area (Å²) in [4.78, 5) is 21.0. The Hall–Kier alpha value is -2.24. The number of para-hydroxylation sites is 1. The highest BCUT2D eigenvalue weighted by molar-refractivity contribution is 6.07. The number of halogens is 2. The smallest absolute Gasteiger partial charge is 0.256 e. The summed E-state index contributed by atoms with van der Waals surface area (Å²) in [7, 11) is 3.73. The van der Waals surface area contributed by atoms with Gasteiger partial charge in [0.2, 0.25) is 0 Å². The summed E-state index contributed by atoms with van der Waals surface area (Å²) in [6, 6.07) is 9.20. The van der Waals surface area contributed by atoms with Gasteiger partial charge in [0.1, 0.15) is 5.82 Å². The summed E-state index contributed by atoms with van der Waals surface area (Å²) in [5, 5.41) is 0.762. The third-order valence-corrected chi connectivity index (χ3v) is 5.17. The van der Waals surface area contributed by atoms with E-state index in [2.05, 4.69) is 4.98 Å². The van der Waals surface area contributed by atoms with E-state index in [4.69, 9.17) is 0 Å². The predicted molar refractivity (Wildman–Crippen MR) is 88.5 cm³/mol. The second-order valence-electron chi connectivity index (χ2n) is 6.87. The lowest BCUT2D eigenvalue weighted by Gasteiger charge is -2.26. The van der Waals surface area contributed by atoms with Gasteiger partial charge in [-0.25, -0.2) is 13.8 Å². The van der Waals surface area contributed by atoms with Gasteiger partial charge in [-0.15, -0.1) is 0 Å². The van der Waals surface area contributed by atoms with Crippen LogP contribution in [-0.4, -0.2) is 48.9 Å². The Bertz CT molecular complexity index is 821. The summed E-state index contributed by atoms with van der Waals surface area (Å²) < 4.78 is 27.2. The van der Waals surface area contributed by atoms with Crippen LogP contribution in [0.4, 0.5) is 14.6 Å². The molecule has 1 saturated heterocycles. The number of alkyl halides is 2. The van der Waals surface area contributed by atoms with Gasteiger partial charge >= 0.3 is 0 Å². The Morgan fingerprint density at radius 1 is 1.29 bits per heavy atom. The van der Waals surface area contributed by atoms with Crippen molar-refractivity contribution in [3.8, 4) is 0 Å². The molecular weight excluding hydrogens is 312 g/mol. The van der Waals surface area contributed by atoms with Gasteiger partial charge in [-0.1, -0.05) is 18.2 Å². The van der Waals surface area contributed by atoms with Crippen molar-refractivity contribution in [3.63, 3.8) is 0 Å². The monoisotopic (exact) mass is 331 g/mol. The van der Waals surface area contributed by atoms with Crippen LogP contribution in [0.25, 0.3) is 10.9 Å². The Morgan fingerprint density at radius 3 is 2.75 bits per heavy atom. The molecule has 0 N–H and O–H groups in total. The highest BCUT2D eigenvalue weighted by Crippen LogP contribution is 2.59. The number of amides is 1. The molecule has 2 aromatic rings. The number of hydrogen-bond acceptors (Lipinski definition) is 3. The van der Waals surface area contributed by atoms with E-state index in [0.29, 0.717) is 24.3 Å². The molecule has 0 unspecified atom stereocenters. The van der Waals surface area contributed by atoms with Gasteiger partial charge in [-0.05, 0) is 18.6 Å². The standard InChI is InChI=1S/C18H19F2N3O/c1-22(2)16-9-12(11-5-3-4-6-15(11)21-16)17(24)23-8-7-13-14(10-23)18(13,19)20/h3-6,9,13-14H,7-8,10H2,1-2H3/t13-,14-/m1/s1. The van der Waals surface area contributed by atoms with E-state index in [1.54, 1.807) is 11.0 Å². The van der Waals surface area contributed by atoms with E-state index in [-0.39, 0.29) is 12.5 Å². The first kappa shape index (κ1) is 15.3. The Balaban J connectivity index is 1.71. The molecule has 24 heavy (non-hydrogen) atoms. The van der Waals surface area contributed by atoms with Crippen LogP contribution in [0, 0.1) is 11.8 Å². The number of nitrogens with zero attached hydrogens (tertiary/aromatic N) is 3. The molecule has 0 bridgehead atoms. The molecule has 0 spiro atoms. The quantitative estimate of drug-likeness (QED) is 0.849. The number of benzene rings is 1. The third kappa shape index (κ3) is 2.24. The van der Waals surface area contributed by atoms with Crippen molar-refractivity contribution in [1.82, 2.24) is 9.88 Å². The number of fused-ring (bicyclic) bond motifs is 2. The Labute approximate surface area is 139 Å². The summed E-state index contributed by atoms with van der Waals surface area (Å²) in [5.74, 6) is -3.30. The lowest BCUT2D eigenvalue weighted by molar-refractivity contribution is 0.0692. The molecule has 2 atom stereocenters. The van der Waals surface area contributed by atoms with Crippen molar-refractivity contribution in [2.24, 2.45) is 11.8 Å². The summed E-state index contributed by atoms with van der Waals surface area (Å²) in [6.07, 6.45) is 0.382. The van der Waals surface area contributed by atoms with Gasteiger partial charge in [0.25, 0.3) is 11.8 Å². The van der Waals surface area contributed by atoms with E-state index in [1.165, 1.54) is 0 Å². The Morgan fingerprint density at radius 2 is 2.04 bits per heavy atom. The minimum absolute atomic E-state index is 0.143. The number of hydrogen-bond donors (Lipinski definition) is 0. The Kier molecular flexibility index (Phi) is 3.27. The van der Waals surface area contributed by atoms with Crippen LogP contribution in [0.15, 0.2) is 30.3 Å². The van der Waals surface area contributed by atoms with Gasteiger partial charge in [0.05, 0.1) is 11.1 Å². The second kappa shape index (κ2) is 5.13. The van der Waals surface area contributed by atoms with Crippen LogP contribution < -0.4 is 4.90 Å². The van der Waals surface area contributed by atoms with Crippen LogP contribution in [0.1, 0.15) is 16.8 Å². The number of rotatable bonds is 2. The molecule has 0 radical (unpaired) electrons. The van der Waals surface area contributed by atoms with E-state index in [1.807, 2.05) is 43.3 Å². The molecule has 1 aromatic heterocycles. The van der Waals surface area contributed by atoms with Gasteiger partial charge in [-0.3, -0.25) is 4.79 Å². The van der Waals surface area contributed by atoms with Crippen molar-refractivity contribution < 1.29 is 13.6 Å². The van der Waals surface area contributed by atoms with E-state index in [0.717, 1.165) is 10.9 Å². The first-order chi connectivity index (χ1) is 11.4. The number of aromatic nitrogens is 1. The number of carbonyl (C=O) groups is 1. The molecule has 1 aromatic carbocycles. The van der Waals surface area contributed by atoms with Crippen LogP contribution in [0.2, 0.25) is 0 Å². The molecule has 4 rings (SSSR count). The zero-order valence-electron chi connectivity index (χ0n) is 13.7. The lowest BCUT2D eigenvalue weighted by Crippen LogP contribution is -2.37. The largest absolute Gasteiger partial charge is 0.363 e. The SMILES string of the molecule is CN(C)c1cc(C(=O)N2CC[C@@H]3[C@@H](C2)C3(F)F)c2ccccc2n1. The molecule has 126 valence electrons. The van der Waals surface area contributed by atoms with Crippen LogP contribution in [0.5, 0.6) is 0 Å². The molecule has 2 heterocycles. The number of carbonyl (C=O) groups excluding carboxylic acids is 1. The zero-order chi connectivity index (χ0) is 17.1. The van der Waals surface area contributed by atoms with Crippen LogP contribution >= 0.6 is 0 Å². The van der Waals surface area contributed by atoms with Gasteiger partial charge in [0, 0.05) is 44.4 Å². The molecule has 2 aliphatic rings. The third-order valence-electron chi connectivity index (χ3n) is 5.17. The van der Waals surface area contributed by atoms with Gasteiger partial charge in [0.15, 0.2) is 0 Å². The number of likely N-dealkylation sites (tertiary alicyclic amines) is 1. The highest BCUT2D eigenvalue weighted by atomic mass is 19.3. The molecule has 4 nitrogen and oxygen atoms in total. The van der Waals surface area contributed by atoms with Gasteiger partial charge in [-0.2, -0.15) is 0 Å². The molecular formula is C18H19F2N3O. The maximum Gasteiger partial charge on any atom is 0.256 e. The van der Waals surface area contributed by atoms with Crippen molar-refractivity contribution in [3.05, 3.63) is 35.9 Å². The first-order valence-corrected chi connectivity index (χ1v) is 8.14. The molecule has 1 saturated carbocycles. The van der Waals surface area contributed by atoms with Crippen molar-refractivity contribution in [1.29, 1.82) is 0 Å². The summed E-state index contributed by atoms with van der Waals surface area (Å²) in [6.45, 7) is 0.536. The fourth-order valence-electron chi connectivity index (χ4n) is 3.65. The molecule has 1 amide bonds. The highest BCUT2D eigenvalue weighted by Gasteiger charge is 2.69. The average Bonchev–Trinajstić information content (AvgIpc) is 3.14. The molecule has 6 heteroatoms. The average molecular weight is 331 g/mol. The minimum Gasteiger partial charge on any atom is -0.363 e. The normalized spacial score (nSPS) is 24.6. The van der Waals surface area contributed by atoms with Crippen LogP contribution in [-0.2, 0) is 0 Å². The summed E-state index contributed by atoms with van der Waals surface area (Å²) in [5.41, 5.74) is 1.27. The maximum atomic E-state index is 13.6. The van der Waals surface area contributed by atoms with Crippen LogP contribution in [0.3, 0.4) is 0 Å². The number of anilines is 1. The second-order valence-corrected chi connectivity index (χ2v) is 6.87. The van der Waals surface area contributed by atoms with Crippen molar-refractivity contribution >= 4 is 22.6 Å². The number of piperidine rings is 1.